The molecule has 132 valence electrons. The minimum absolute atomic E-state index is 0.194. The Kier molecular flexibility index (Phi) is 6.33. The summed E-state index contributed by atoms with van der Waals surface area (Å²) in [6.07, 6.45) is 4.66. The highest BCUT2D eigenvalue weighted by molar-refractivity contribution is 7.99. The molecule has 1 amide bonds. The Morgan fingerprint density at radius 1 is 1.40 bits per heavy atom. The quantitative estimate of drug-likeness (QED) is 0.632. The molecule has 0 aliphatic carbocycles. The molecule has 0 aliphatic rings. The number of benzene rings is 1. The van der Waals surface area contributed by atoms with Crippen molar-refractivity contribution in [3.8, 4) is 17.6 Å². The van der Waals surface area contributed by atoms with E-state index in [1.165, 1.54) is 17.3 Å². The van der Waals surface area contributed by atoms with E-state index in [0.717, 1.165) is 17.3 Å². The summed E-state index contributed by atoms with van der Waals surface area (Å²) in [6.45, 7) is 7.59. The van der Waals surface area contributed by atoms with Gasteiger partial charge in [-0.05, 0) is 63.3 Å². The standard InChI is InChI=1S/C20H24N2O2S/c1-6-10-20(3,4)22-18(23)19(25-5)24-16-8-9-17-15(12-16)11-14(7-2)13-21-17/h8-9,11-13,19H,7H2,1-5H3,(H,22,23). The van der Waals surface area contributed by atoms with Crippen molar-refractivity contribution in [3.05, 3.63) is 36.0 Å². The van der Waals surface area contributed by atoms with Crippen molar-refractivity contribution < 1.29 is 9.53 Å². The molecule has 0 radical (unpaired) electrons. The van der Waals surface area contributed by atoms with Gasteiger partial charge in [0, 0.05) is 11.6 Å². The summed E-state index contributed by atoms with van der Waals surface area (Å²) in [6, 6.07) is 7.78. The van der Waals surface area contributed by atoms with Crippen LogP contribution >= 0.6 is 11.8 Å². The Morgan fingerprint density at radius 2 is 2.16 bits per heavy atom. The molecule has 1 atom stereocenters. The van der Waals surface area contributed by atoms with Crippen LogP contribution in [-0.2, 0) is 11.2 Å². The van der Waals surface area contributed by atoms with Crippen molar-refractivity contribution >= 4 is 28.6 Å². The lowest BCUT2D eigenvalue weighted by atomic mass is 10.1. The molecule has 0 fully saturated rings. The van der Waals surface area contributed by atoms with E-state index in [4.69, 9.17) is 4.74 Å². The molecule has 0 bridgehead atoms. The highest BCUT2D eigenvalue weighted by Crippen LogP contribution is 2.23. The van der Waals surface area contributed by atoms with Gasteiger partial charge in [0.2, 0.25) is 5.44 Å². The SMILES string of the molecule is CC#CC(C)(C)NC(=O)C(Oc1ccc2ncc(CC)cc2c1)SC. The third-order valence-electron chi connectivity index (χ3n) is 3.66. The van der Waals surface area contributed by atoms with Crippen LogP contribution in [0.5, 0.6) is 5.75 Å². The minimum atomic E-state index is -0.641. The predicted octanol–water partition coefficient (Wildman–Crippen LogP) is 3.78. The molecule has 2 rings (SSSR count). The van der Waals surface area contributed by atoms with Gasteiger partial charge in [-0.3, -0.25) is 9.78 Å². The van der Waals surface area contributed by atoms with Crippen LogP contribution in [0.15, 0.2) is 30.5 Å². The zero-order chi connectivity index (χ0) is 18.4. The van der Waals surface area contributed by atoms with E-state index < -0.39 is 11.0 Å². The lowest BCUT2D eigenvalue weighted by Gasteiger charge is -2.24. The Hall–Kier alpha value is -2.19. The molecule has 2 aromatic rings. The van der Waals surface area contributed by atoms with Crippen molar-refractivity contribution in [2.24, 2.45) is 0 Å². The summed E-state index contributed by atoms with van der Waals surface area (Å²) >= 11 is 1.35. The molecule has 0 spiro atoms. The molecular weight excluding hydrogens is 332 g/mol. The molecule has 1 N–H and O–H groups in total. The van der Waals surface area contributed by atoms with Crippen molar-refractivity contribution in [1.29, 1.82) is 0 Å². The number of amides is 1. The van der Waals surface area contributed by atoms with Crippen molar-refractivity contribution in [2.75, 3.05) is 6.26 Å². The monoisotopic (exact) mass is 356 g/mol. The van der Waals surface area contributed by atoms with E-state index in [9.17, 15) is 4.79 Å². The zero-order valence-electron chi connectivity index (χ0n) is 15.3. The first-order valence-corrected chi connectivity index (χ1v) is 9.51. The van der Waals surface area contributed by atoms with Gasteiger partial charge in [-0.25, -0.2) is 0 Å². The molecule has 4 nitrogen and oxygen atoms in total. The molecule has 25 heavy (non-hydrogen) atoms. The first kappa shape index (κ1) is 19.1. The van der Waals surface area contributed by atoms with Gasteiger partial charge in [0.25, 0.3) is 5.91 Å². The Labute approximate surface area is 153 Å². The van der Waals surface area contributed by atoms with Crippen LogP contribution in [0, 0.1) is 11.8 Å². The number of nitrogens with one attached hydrogen (secondary N) is 1. The average molecular weight is 356 g/mol. The third kappa shape index (κ3) is 5.14. The fourth-order valence-corrected chi connectivity index (χ4v) is 2.95. The number of aromatic nitrogens is 1. The number of thioether (sulfide) groups is 1. The fourth-order valence-electron chi connectivity index (χ4n) is 2.46. The van der Waals surface area contributed by atoms with Gasteiger partial charge < -0.3 is 10.1 Å². The van der Waals surface area contributed by atoms with Crippen LogP contribution in [0.25, 0.3) is 10.9 Å². The van der Waals surface area contributed by atoms with Crippen molar-refractivity contribution in [1.82, 2.24) is 10.3 Å². The van der Waals surface area contributed by atoms with Gasteiger partial charge in [0.05, 0.1) is 11.1 Å². The maximum absolute atomic E-state index is 12.5. The van der Waals surface area contributed by atoms with Gasteiger partial charge in [0.15, 0.2) is 0 Å². The predicted molar refractivity (Wildman–Crippen MR) is 105 cm³/mol. The van der Waals surface area contributed by atoms with E-state index in [1.807, 2.05) is 44.5 Å². The number of hydrogen-bond donors (Lipinski definition) is 1. The average Bonchev–Trinajstić information content (AvgIpc) is 2.58. The normalized spacial score (nSPS) is 12.2. The summed E-state index contributed by atoms with van der Waals surface area (Å²) in [5.74, 6) is 6.26. The highest BCUT2D eigenvalue weighted by Gasteiger charge is 2.25. The van der Waals surface area contributed by atoms with Crippen LogP contribution in [0.3, 0.4) is 0 Å². The van der Waals surface area contributed by atoms with Gasteiger partial charge in [-0.15, -0.1) is 17.7 Å². The molecule has 0 aliphatic heterocycles. The van der Waals surface area contributed by atoms with Crippen molar-refractivity contribution in [2.45, 2.75) is 45.1 Å². The molecule has 5 heteroatoms. The van der Waals surface area contributed by atoms with Crippen molar-refractivity contribution in [3.63, 3.8) is 0 Å². The second-order valence-corrected chi connectivity index (χ2v) is 7.13. The summed E-state index contributed by atoms with van der Waals surface area (Å²) in [5, 5.41) is 3.92. The molecular formula is C20H24N2O2S. The minimum Gasteiger partial charge on any atom is -0.470 e. The van der Waals surface area contributed by atoms with E-state index in [0.29, 0.717) is 5.75 Å². The lowest BCUT2D eigenvalue weighted by molar-refractivity contribution is -0.125. The maximum atomic E-state index is 12.5. The largest absolute Gasteiger partial charge is 0.470 e. The number of rotatable bonds is 6. The number of ether oxygens (including phenoxy) is 1. The number of hydrogen-bond acceptors (Lipinski definition) is 4. The highest BCUT2D eigenvalue weighted by atomic mass is 32.2. The van der Waals surface area contributed by atoms with Gasteiger partial charge >= 0.3 is 0 Å². The number of carbonyl (C=O) groups is 1. The fraction of sp³-hybridized carbons (Fsp3) is 0.400. The van der Waals surface area contributed by atoms with Crippen LogP contribution in [-0.4, -0.2) is 28.1 Å². The number of aryl methyl sites for hydroxylation is 1. The van der Waals surface area contributed by atoms with Gasteiger partial charge in [-0.2, -0.15) is 0 Å². The van der Waals surface area contributed by atoms with Crippen LogP contribution in [0.1, 0.15) is 33.3 Å². The van der Waals surface area contributed by atoms with E-state index in [1.54, 1.807) is 6.92 Å². The van der Waals surface area contributed by atoms with E-state index >= 15 is 0 Å². The number of fused-ring (bicyclic) bond motifs is 1. The lowest BCUT2D eigenvalue weighted by Crippen LogP contribution is -2.47. The Morgan fingerprint density at radius 3 is 2.80 bits per heavy atom. The molecule has 1 heterocycles. The first-order valence-electron chi connectivity index (χ1n) is 8.22. The van der Waals surface area contributed by atoms with E-state index in [-0.39, 0.29) is 5.91 Å². The second kappa shape index (κ2) is 8.26. The Balaban J connectivity index is 2.18. The van der Waals surface area contributed by atoms with Crippen LogP contribution in [0.2, 0.25) is 0 Å². The topological polar surface area (TPSA) is 51.2 Å². The molecule has 1 aromatic heterocycles. The molecule has 1 aromatic carbocycles. The number of pyridine rings is 1. The van der Waals surface area contributed by atoms with E-state index in [2.05, 4.69) is 35.1 Å². The Bertz CT molecular complexity index is 821. The second-order valence-electron chi connectivity index (χ2n) is 6.23. The summed E-state index contributed by atoms with van der Waals surface area (Å²) in [5.41, 5.74) is 0.849. The number of nitrogens with zero attached hydrogens (tertiary/aromatic N) is 1. The molecule has 0 saturated carbocycles. The third-order valence-corrected chi connectivity index (χ3v) is 4.40. The zero-order valence-corrected chi connectivity index (χ0v) is 16.2. The summed E-state index contributed by atoms with van der Waals surface area (Å²) < 4.78 is 5.91. The maximum Gasteiger partial charge on any atom is 0.272 e. The van der Waals surface area contributed by atoms with Crippen LogP contribution < -0.4 is 10.1 Å². The van der Waals surface area contributed by atoms with Crippen LogP contribution in [0.4, 0.5) is 0 Å². The van der Waals surface area contributed by atoms with Gasteiger partial charge in [-0.1, -0.05) is 12.8 Å². The molecule has 0 saturated heterocycles. The first-order chi connectivity index (χ1) is 11.9. The summed E-state index contributed by atoms with van der Waals surface area (Å²) in [4.78, 5) is 16.9. The van der Waals surface area contributed by atoms with Gasteiger partial charge in [0.1, 0.15) is 5.75 Å². The molecule has 1 unspecified atom stereocenters. The summed E-state index contributed by atoms with van der Waals surface area (Å²) in [7, 11) is 0. The number of carbonyl (C=O) groups excluding carboxylic acids is 1. The smallest absolute Gasteiger partial charge is 0.272 e.